The number of aromatic nitrogens is 2. The van der Waals surface area contributed by atoms with Crippen molar-refractivity contribution in [3.8, 4) is 0 Å². The van der Waals surface area contributed by atoms with E-state index >= 15 is 0 Å². The molecule has 1 unspecified atom stereocenters. The van der Waals surface area contributed by atoms with E-state index in [9.17, 15) is 0 Å². The maximum Gasteiger partial charge on any atom is 0.243 e. The summed E-state index contributed by atoms with van der Waals surface area (Å²) in [6.07, 6.45) is 12.0. The second-order valence-corrected chi connectivity index (χ2v) is 9.72. The Balaban J connectivity index is 1.55. The predicted molar refractivity (Wildman–Crippen MR) is 118 cm³/mol. The number of hydrogen-bond donors (Lipinski definition) is 0. The number of para-hydroxylation sites is 1. The minimum absolute atomic E-state index is 0.183. The number of aryl methyl sites for hydroxylation is 2. The van der Waals surface area contributed by atoms with Crippen LogP contribution >= 0.6 is 0 Å². The predicted octanol–water partition coefficient (Wildman–Crippen LogP) is 5.50. The number of rotatable bonds is 2. The van der Waals surface area contributed by atoms with E-state index in [1.54, 1.807) is 5.56 Å². The van der Waals surface area contributed by atoms with Gasteiger partial charge in [-0.2, -0.15) is 0 Å². The van der Waals surface area contributed by atoms with E-state index in [4.69, 9.17) is 9.40 Å². The maximum atomic E-state index is 6.46. The molecular formula is C26H29N3O. The van der Waals surface area contributed by atoms with Crippen LogP contribution < -0.4 is 0 Å². The summed E-state index contributed by atoms with van der Waals surface area (Å²) in [4.78, 5) is 7.82. The molecule has 30 heavy (non-hydrogen) atoms. The quantitative estimate of drug-likeness (QED) is 0.571. The minimum atomic E-state index is 0.183. The highest BCUT2D eigenvalue weighted by Crippen LogP contribution is 2.57. The van der Waals surface area contributed by atoms with Gasteiger partial charge in [-0.05, 0) is 69.2 Å². The number of piperidine rings is 1. The molecule has 3 aromatic rings. The van der Waals surface area contributed by atoms with Crippen LogP contribution in [-0.2, 0) is 19.3 Å². The third kappa shape index (κ3) is 2.13. The Morgan fingerprint density at radius 2 is 2.00 bits per heavy atom. The van der Waals surface area contributed by atoms with Crippen LogP contribution in [0.3, 0.4) is 0 Å². The fourth-order valence-electron chi connectivity index (χ4n) is 6.90. The Morgan fingerprint density at radius 1 is 1.10 bits per heavy atom. The normalized spacial score (nSPS) is 27.6. The Hall–Kier alpha value is -2.33. The van der Waals surface area contributed by atoms with Gasteiger partial charge in [0.1, 0.15) is 11.5 Å². The largest absolute Gasteiger partial charge is 0.440 e. The van der Waals surface area contributed by atoms with Gasteiger partial charge in [0.05, 0.1) is 17.3 Å². The van der Waals surface area contributed by atoms with E-state index in [2.05, 4.69) is 46.7 Å². The molecule has 3 aliphatic heterocycles. The smallest absolute Gasteiger partial charge is 0.243 e. The molecule has 154 valence electrons. The summed E-state index contributed by atoms with van der Waals surface area (Å²) in [6.45, 7) is 4.79. The van der Waals surface area contributed by atoms with Crippen molar-refractivity contribution in [2.45, 2.75) is 64.3 Å². The molecule has 4 heteroatoms. The van der Waals surface area contributed by atoms with Gasteiger partial charge in [0.2, 0.25) is 5.89 Å². The van der Waals surface area contributed by atoms with Crippen molar-refractivity contribution in [3.05, 3.63) is 58.9 Å². The average molecular weight is 400 g/mol. The Kier molecular flexibility index (Phi) is 3.53. The van der Waals surface area contributed by atoms with Gasteiger partial charge in [-0.25, -0.2) is 4.98 Å². The third-order valence-corrected chi connectivity index (χ3v) is 8.31. The minimum Gasteiger partial charge on any atom is -0.440 e. The molecule has 0 spiro atoms. The van der Waals surface area contributed by atoms with Gasteiger partial charge in [0, 0.05) is 29.5 Å². The number of fused-ring (bicyclic) bond motifs is 4. The van der Waals surface area contributed by atoms with Crippen LogP contribution in [0.1, 0.15) is 73.7 Å². The van der Waals surface area contributed by atoms with Crippen LogP contribution in [0.2, 0.25) is 0 Å². The van der Waals surface area contributed by atoms with Gasteiger partial charge >= 0.3 is 0 Å². The van der Waals surface area contributed by atoms with Gasteiger partial charge in [0.25, 0.3) is 0 Å². The first-order valence-corrected chi connectivity index (χ1v) is 11.9. The summed E-state index contributed by atoms with van der Waals surface area (Å²) in [5, 5.41) is 1.42. The summed E-state index contributed by atoms with van der Waals surface area (Å²) < 4.78 is 8.99. The average Bonchev–Trinajstić information content (AvgIpc) is 3.38. The molecule has 0 amide bonds. The van der Waals surface area contributed by atoms with Gasteiger partial charge in [-0.15, -0.1) is 0 Å². The van der Waals surface area contributed by atoms with Gasteiger partial charge in [-0.1, -0.05) is 25.1 Å². The first-order valence-electron chi connectivity index (χ1n) is 11.9. The monoisotopic (exact) mass is 399 g/mol. The molecule has 5 heterocycles. The first-order chi connectivity index (χ1) is 14.8. The van der Waals surface area contributed by atoms with Crippen molar-refractivity contribution in [2.24, 2.45) is 5.41 Å². The molecule has 1 aromatic carbocycles. The van der Waals surface area contributed by atoms with Crippen LogP contribution in [0.4, 0.5) is 0 Å². The van der Waals surface area contributed by atoms with Gasteiger partial charge in [0.15, 0.2) is 0 Å². The van der Waals surface area contributed by atoms with Crippen LogP contribution in [0.5, 0.6) is 0 Å². The second kappa shape index (κ2) is 6.10. The number of hydrogen-bond acceptors (Lipinski definition) is 3. The SMILES string of the molecule is CCC12C=C(c3nc4c(o3)CCCC4)n3c4c(c5ccccc53)CCN(CCC1)[C@H]42. The van der Waals surface area contributed by atoms with Crippen molar-refractivity contribution in [1.82, 2.24) is 14.5 Å². The summed E-state index contributed by atoms with van der Waals surface area (Å²) in [7, 11) is 0. The molecule has 7 rings (SSSR count). The molecule has 4 aliphatic rings. The molecule has 1 saturated heterocycles. The zero-order valence-corrected chi connectivity index (χ0v) is 17.8. The topological polar surface area (TPSA) is 34.2 Å². The van der Waals surface area contributed by atoms with E-state index in [0.717, 1.165) is 30.9 Å². The molecule has 2 atom stereocenters. The van der Waals surface area contributed by atoms with E-state index in [0.29, 0.717) is 6.04 Å². The zero-order valence-electron chi connectivity index (χ0n) is 17.8. The van der Waals surface area contributed by atoms with Crippen molar-refractivity contribution in [2.75, 3.05) is 13.1 Å². The Morgan fingerprint density at radius 3 is 2.90 bits per heavy atom. The zero-order chi connectivity index (χ0) is 19.9. The summed E-state index contributed by atoms with van der Waals surface area (Å²) in [5.41, 5.74) is 6.99. The molecule has 1 fully saturated rings. The van der Waals surface area contributed by atoms with Crippen LogP contribution in [0.25, 0.3) is 16.6 Å². The van der Waals surface area contributed by atoms with Crippen LogP contribution in [0.15, 0.2) is 34.8 Å². The lowest BCUT2D eigenvalue weighted by molar-refractivity contribution is 0.0269. The summed E-state index contributed by atoms with van der Waals surface area (Å²) in [5.74, 6) is 1.97. The molecule has 1 aliphatic carbocycles. The lowest BCUT2D eigenvalue weighted by Gasteiger charge is -2.53. The molecule has 0 radical (unpaired) electrons. The molecule has 0 N–H and O–H groups in total. The number of nitrogens with zero attached hydrogens (tertiary/aromatic N) is 3. The van der Waals surface area contributed by atoms with Crippen LogP contribution in [-0.4, -0.2) is 27.5 Å². The molecule has 2 aromatic heterocycles. The van der Waals surface area contributed by atoms with Crippen molar-refractivity contribution < 1.29 is 4.42 Å². The second-order valence-electron chi connectivity index (χ2n) is 9.72. The van der Waals surface area contributed by atoms with Crippen molar-refractivity contribution >= 4 is 16.6 Å². The Bertz CT molecular complexity index is 1180. The summed E-state index contributed by atoms with van der Waals surface area (Å²) in [6, 6.07) is 9.46. The summed E-state index contributed by atoms with van der Waals surface area (Å²) >= 11 is 0. The number of oxazole rings is 1. The van der Waals surface area contributed by atoms with Gasteiger partial charge in [-0.3, -0.25) is 4.90 Å². The molecule has 0 saturated carbocycles. The van der Waals surface area contributed by atoms with Crippen molar-refractivity contribution in [3.63, 3.8) is 0 Å². The van der Waals surface area contributed by atoms with E-state index < -0.39 is 0 Å². The standard InChI is InChI=1S/C26H29N3O/c1-2-26-13-7-14-28-15-12-18-17-8-3-5-10-20(17)29(23(18)24(26)28)21(16-26)25-27-19-9-4-6-11-22(19)30-25/h3,5,8,10,16,24H,2,4,6-7,9,11-15H2,1H3/t24-,26?/m1/s1. The highest BCUT2D eigenvalue weighted by molar-refractivity contribution is 5.91. The fourth-order valence-corrected chi connectivity index (χ4v) is 6.90. The van der Waals surface area contributed by atoms with Crippen LogP contribution in [0, 0.1) is 5.41 Å². The highest BCUT2D eigenvalue weighted by Gasteiger charge is 2.50. The lowest BCUT2D eigenvalue weighted by atomic mass is 9.66. The molecule has 4 nitrogen and oxygen atoms in total. The van der Waals surface area contributed by atoms with Crippen molar-refractivity contribution in [1.29, 1.82) is 0 Å². The van der Waals surface area contributed by atoms with E-state index in [-0.39, 0.29) is 5.41 Å². The van der Waals surface area contributed by atoms with Gasteiger partial charge < -0.3 is 8.98 Å². The maximum absolute atomic E-state index is 6.46. The molecular weight excluding hydrogens is 370 g/mol. The first kappa shape index (κ1) is 17.4. The fraction of sp³-hybridized carbons (Fsp3) is 0.500. The van der Waals surface area contributed by atoms with E-state index in [1.807, 2.05) is 0 Å². The Labute approximate surface area is 177 Å². The van der Waals surface area contributed by atoms with E-state index in [1.165, 1.54) is 73.2 Å². The highest BCUT2D eigenvalue weighted by atomic mass is 16.4. The number of benzene rings is 1. The third-order valence-electron chi connectivity index (χ3n) is 8.31. The molecule has 0 bridgehead atoms. The lowest BCUT2D eigenvalue weighted by Crippen LogP contribution is -2.50.